The second kappa shape index (κ2) is 6.06. The lowest BCUT2D eigenvalue weighted by Crippen LogP contribution is -2.39. The minimum atomic E-state index is 0.125. The molecular formula is C17H24N2O2. The molecule has 1 N–H and O–H groups in total. The minimum absolute atomic E-state index is 0.125. The fraction of sp³-hybridized carbons (Fsp3) is 0.588. The summed E-state index contributed by atoms with van der Waals surface area (Å²) < 4.78 is 5.42. The molecule has 1 heterocycles. The summed E-state index contributed by atoms with van der Waals surface area (Å²) in [6.45, 7) is 4.59. The summed E-state index contributed by atoms with van der Waals surface area (Å²) in [5.74, 6) is 1.73. The monoisotopic (exact) mass is 288 g/mol. The van der Waals surface area contributed by atoms with Gasteiger partial charge in [-0.2, -0.15) is 0 Å². The predicted molar refractivity (Wildman–Crippen MR) is 82.1 cm³/mol. The van der Waals surface area contributed by atoms with Crippen LogP contribution in [-0.4, -0.2) is 37.0 Å². The largest absolute Gasteiger partial charge is 0.496 e. The molecule has 1 aromatic rings. The topological polar surface area (TPSA) is 41.6 Å². The molecule has 1 saturated heterocycles. The number of nitrogens with zero attached hydrogens (tertiary/aromatic N) is 1. The van der Waals surface area contributed by atoms with Crippen LogP contribution in [0.5, 0.6) is 5.75 Å². The molecule has 1 aliphatic heterocycles. The van der Waals surface area contributed by atoms with Crippen LogP contribution in [0.4, 0.5) is 0 Å². The highest BCUT2D eigenvalue weighted by Gasteiger charge is 2.39. The van der Waals surface area contributed by atoms with E-state index in [9.17, 15) is 4.79 Å². The molecular weight excluding hydrogens is 264 g/mol. The van der Waals surface area contributed by atoms with Crippen molar-refractivity contribution in [1.82, 2.24) is 10.2 Å². The van der Waals surface area contributed by atoms with Gasteiger partial charge in [-0.25, -0.2) is 0 Å². The number of nitrogens with one attached hydrogen (secondary N) is 1. The third kappa shape index (κ3) is 3.05. The van der Waals surface area contributed by atoms with Crippen LogP contribution in [0.3, 0.4) is 0 Å². The summed E-state index contributed by atoms with van der Waals surface area (Å²) >= 11 is 0. The van der Waals surface area contributed by atoms with Crippen molar-refractivity contribution in [2.75, 3.05) is 20.2 Å². The van der Waals surface area contributed by atoms with Crippen LogP contribution in [0.1, 0.15) is 25.3 Å². The molecule has 3 rings (SSSR count). The number of hydrogen-bond acceptors (Lipinski definition) is 3. The van der Waals surface area contributed by atoms with Crippen LogP contribution >= 0.6 is 0 Å². The van der Waals surface area contributed by atoms with Crippen LogP contribution in [-0.2, 0) is 11.3 Å². The van der Waals surface area contributed by atoms with Gasteiger partial charge >= 0.3 is 0 Å². The normalized spacial score (nSPS) is 24.9. The molecule has 4 heteroatoms. The SMILES string of the molecule is COc1ccccc1CN(C(=O)C1CNCC1C)C1CC1. The van der Waals surface area contributed by atoms with Crippen molar-refractivity contribution >= 4 is 5.91 Å². The van der Waals surface area contributed by atoms with Crippen molar-refractivity contribution in [2.24, 2.45) is 11.8 Å². The highest BCUT2D eigenvalue weighted by Crippen LogP contribution is 2.33. The van der Waals surface area contributed by atoms with Crippen LogP contribution in [0.15, 0.2) is 24.3 Å². The van der Waals surface area contributed by atoms with Crippen molar-refractivity contribution < 1.29 is 9.53 Å². The second-order valence-corrected chi connectivity index (χ2v) is 6.25. The third-order valence-electron chi connectivity index (χ3n) is 4.64. The van der Waals surface area contributed by atoms with Crippen molar-refractivity contribution in [2.45, 2.75) is 32.4 Å². The standard InChI is InChI=1S/C17H24N2O2/c1-12-9-18-10-15(12)17(20)19(14-7-8-14)11-13-5-3-4-6-16(13)21-2/h3-6,12,14-15,18H,7-11H2,1-2H3. The zero-order valence-corrected chi connectivity index (χ0v) is 12.8. The molecule has 1 saturated carbocycles. The van der Waals surface area contributed by atoms with Gasteiger partial charge in [-0.05, 0) is 31.4 Å². The van der Waals surface area contributed by atoms with Gasteiger partial charge in [0.1, 0.15) is 5.75 Å². The molecule has 2 unspecified atom stereocenters. The summed E-state index contributed by atoms with van der Waals surface area (Å²) in [7, 11) is 1.69. The quantitative estimate of drug-likeness (QED) is 0.901. The van der Waals surface area contributed by atoms with Crippen LogP contribution in [0, 0.1) is 11.8 Å². The van der Waals surface area contributed by atoms with E-state index >= 15 is 0 Å². The van der Waals surface area contributed by atoms with E-state index in [4.69, 9.17) is 4.74 Å². The molecule has 4 nitrogen and oxygen atoms in total. The maximum absolute atomic E-state index is 12.9. The Morgan fingerprint density at radius 3 is 2.71 bits per heavy atom. The first-order chi connectivity index (χ1) is 10.2. The van der Waals surface area contributed by atoms with Gasteiger partial charge in [-0.15, -0.1) is 0 Å². The molecule has 21 heavy (non-hydrogen) atoms. The van der Waals surface area contributed by atoms with Crippen molar-refractivity contribution in [1.29, 1.82) is 0 Å². The minimum Gasteiger partial charge on any atom is -0.496 e. The van der Waals surface area contributed by atoms with Gasteiger partial charge < -0.3 is 15.0 Å². The molecule has 0 bridgehead atoms. The van der Waals surface area contributed by atoms with Gasteiger partial charge in [0.2, 0.25) is 5.91 Å². The zero-order valence-electron chi connectivity index (χ0n) is 12.8. The summed E-state index contributed by atoms with van der Waals surface area (Å²) in [4.78, 5) is 15.0. The molecule has 0 spiro atoms. The second-order valence-electron chi connectivity index (χ2n) is 6.25. The van der Waals surface area contributed by atoms with Gasteiger partial charge in [0.05, 0.1) is 13.0 Å². The number of benzene rings is 1. The molecule has 2 atom stereocenters. The maximum atomic E-state index is 12.9. The first-order valence-electron chi connectivity index (χ1n) is 7.83. The average Bonchev–Trinajstić information content (AvgIpc) is 3.25. The molecule has 1 aromatic carbocycles. The van der Waals surface area contributed by atoms with Crippen molar-refractivity contribution in [3.8, 4) is 5.75 Å². The van der Waals surface area contributed by atoms with Gasteiger partial charge in [0.15, 0.2) is 0 Å². The number of methoxy groups -OCH3 is 1. The molecule has 1 amide bonds. The number of hydrogen-bond donors (Lipinski definition) is 1. The molecule has 114 valence electrons. The number of carbonyl (C=O) groups excluding carboxylic acids is 1. The summed E-state index contributed by atoms with van der Waals surface area (Å²) in [6, 6.07) is 8.42. The Kier molecular flexibility index (Phi) is 4.15. The lowest BCUT2D eigenvalue weighted by Gasteiger charge is -2.27. The van der Waals surface area contributed by atoms with E-state index in [-0.39, 0.29) is 5.92 Å². The van der Waals surface area contributed by atoms with Crippen LogP contribution < -0.4 is 10.1 Å². The highest BCUT2D eigenvalue weighted by atomic mass is 16.5. The number of rotatable bonds is 5. The highest BCUT2D eigenvalue weighted by molar-refractivity contribution is 5.80. The fourth-order valence-electron chi connectivity index (χ4n) is 3.14. The lowest BCUT2D eigenvalue weighted by molar-refractivity contribution is -0.137. The van der Waals surface area contributed by atoms with E-state index in [1.165, 1.54) is 0 Å². The summed E-state index contributed by atoms with van der Waals surface area (Å²) in [5.41, 5.74) is 1.10. The summed E-state index contributed by atoms with van der Waals surface area (Å²) in [6.07, 6.45) is 2.27. The van der Waals surface area contributed by atoms with Crippen molar-refractivity contribution in [3.63, 3.8) is 0 Å². The van der Waals surface area contributed by atoms with Gasteiger partial charge in [-0.1, -0.05) is 25.1 Å². The predicted octanol–water partition coefficient (Wildman–Crippen LogP) is 2.04. The molecule has 0 aromatic heterocycles. The summed E-state index contributed by atoms with van der Waals surface area (Å²) in [5, 5.41) is 3.33. The smallest absolute Gasteiger partial charge is 0.227 e. The lowest BCUT2D eigenvalue weighted by atomic mass is 9.96. The maximum Gasteiger partial charge on any atom is 0.227 e. The van der Waals surface area contributed by atoms with Crippen molar-refractivity contribution in [3.05, 3.63) is 29.8 Å². The Balaban J connectivity index is 1.77. The Hall–Kier alpha value is -1.55. The Bertz CT molecular complexity index is 513. The number of para-hydroxylation sites is 1. The van der Waals surface area contributed by atoms with E-state index in [1.807, 2.05) is 18.2 Å². The van der Waals surface area contributed by atoms with Gasteiger partial charge in [0.25, 0.3) is 0 Å². The van der Waals surface area contributed by atoms with E-state index in [0.717, 1.165) is 37.2 Å². The number of carbonyl (C=O) groups is 1. The number of ether oxygens (including phenoxy) is 1. The average molecular weight is 288 g/mol. The van der Waals surface area contributed by atoms with E-state index in [0.29, 0.717) is 24.4 Å². The molecule has 2 fully saturated rings. The Morgan fingerprint density at radius 1 is 1.33 bits per heavy atom. The van der Waals surface area contributed by atoms with Crippen LogP contribution in [0.25, 0.3) is 0 Å². The Labute approximate surface area is 126 Å². The fourth-order valence-corrected chi connectivity index (χ4v) is 3.14. The van der Waals surface area contributed by atoms with Gasteiger partial charge in [-0.3, -0.25) is 4.79 Å². The van der Waals surface area contributed by atoms with Gasteiger partial charge in [0, 0.05) is 24.7 Å². The van der Waals surface area contributed by atoms with E-state index in [2.05, 4.69) is 23.2 Å². The Morgan fingerprint density at radius 2 is 2.10 bits per heavy atom. The van der Waals surface area contributed by atoms with E-state index in [1.54, 1.807) is 7.11 Å². The zero-order chi connectivity index (χ0) is 14.8. The first-order valence-corrected chi connectivity index (χ1v) is 7.83. The molecule has 2 aliphatic rings. The molecule has 1 aliphatic carbocycles. The number of amides is 1. The third-order valence-corrected chi connectivity index (χ3v) is 4.64. The van der Waals surface area contributed by atoms with Crippen LogP contribution in [0.2, 0.25) is 0 Å². The molecule has 0 radical (unpaired) electrons. The first kappa shape index (κ1) is 14.4. The van der Waals surface area contributed by atoms with E-state index < -0.39 is 0 Å².